The average molecular weight is 219 g/mol. The lowest BCUT2D eigenvalue weighted by molar-refractivity contribution is 0.0690. The molecule has 1 fully saturated rings. The molecule has 2 N–H and O–H groups in total. The third-order valence-corrected chi connectivity index (χ3v) is 2.70. The van der Waals surface area contributed by atoms with E-state index < -0.39 is 5.97 Å². The lowest BCUT2D eigenvalue weighted by atomic mass is 10.3. The number of rotatable bonds is 2. The van der Waals surface area contributed by atoms with Gasteiger partial charge in [-0.15, -0.1) is 0 Å². The van der Waals surface area contributed by atoms with Crippen molar-refractivity contribution in [3.05, 3.63) is 33.9 Å². The highest BCUT2D eigenvalue weighted by atomic mass is 16.4. The van der Waals surface area contributed by atoms with Crippen LogP contribution in [0.25, 0.3) is 5.65 Å². The van der Waals surface area contributed by atoms with Gasteiger partial charge in [-0.3, -0.25) is 4.79 Å². The minimum Gasteiger partial charge on any atom is -0.476 e. The predicted octanol–water partition coefficient (Wildman–Crippen LogP) is 0.598. The van der Waals surface area contributed by atoms with E-state index in [1.807, 2.05) is 0 Å². The number of carboxylic acid groups (broad SMARTS) is 1. The van der Waals surface area contributed by atoms with Gasteiger partial charge < -0.3 is 10.1 Å². The summed E-state index contributed by atoms with van der Waals surface area (Å²) >= 11 is 0. The van der Waals surface area contributed by atoms with E-state index in [9.17, 15) is 9.59 Å². The van der Waals surface area contributed by atoms with Gasteiger partial charge >= 0.3 is 5.97 Å². The number of hydrogen-bond donors (Lipinski definition) is 2. The number of carbonyl (C=O) groups is 1. The molecule has 0 spiro atoms. The van der Waals surface area contributed by atoms with Gasteiger partial charge in [0, 0.05) is 18.1 Å². The smallest absolute Gasteiger partial charge is 0.356 e. The Balaban J connectivity index is 2.31. The van der Waals surface area contributed by atoms with Crippen molar-refractivity contribution in [2.45, 2.75) is 18.8 Å². The van der Waals surface area contributed by atoms with Gasteiger partial charge in [0.05, 0.1) is 5.69 Å². The highest BCUT2D eigenvalue weighted by molar-refractivity contribution is 5.86. The molecule has 2 aromatic rings. The molecule has 0 bridgehead atoms. The Morgan fingerprint density at radius 1 is 1.50 bits per heavy atom. The van der Waals surface area contributed by atoms with E-state index in [0.29, 0.717) is 11.6 Å². The van der Waals surface area contributed by atoms with Crippen molar-refractivity contribution in [3.8, 4) is 0 Å². The van der Waals surface area contributed by atoms with Crippen LogP contribution in [0.4, 0.5) is 0 Å². The fourth-order valence-electron chi connectivity index (χ4n) is 1.80. The van der Waals surface area contributed by atoms with Crippen LogP contribution in [0.2, 0.25) is 0 Å². The van der Waals surface area contributed by atoms with Gasteiger partial charge in [-0.1, -0.05) is 0 Å². The van der Waals surface area contributed by atoms with Crippen molar-refractivity contribution >= 4 is 11.6 Å². The SMILES string of the molecule is O=C(O)c1cc2[nH]c(=O)cc(C3CC3)n2n1. The predicted molar refractivity (Wildman–Crippen MR) is 54.7 cm³/mol. The molecule has 16 heavy (non-hydrogen) atoms. The van der Waals surface area contributed by atoms with Crippen molar-refractivity contribution in [3.63, 3.8) is 0 Å². The fraction of sp³-hybridized carbons (Fsp3) is 0.300. The molecule has 0 saturated heterocycles. The number of fused-ring (bicyclic) bond motifs is 1. The number of aromatic carboxylic acids is 1. The van der Waals surface area contributed by atoms with Crippen LogP contribution in [-0.2, 0) is 0 Å². The molecule has 2 aromatic heterocycles. The first-order chi connectivity index (χ1) is 7.65. The summed E-state index contributed by atoms with van der Waals surface area (Å²) in [5.41, 5.74) is 0.966. The number of aromatic amines is 1. The molecule has 0 aliphatic heterocycles. The van der Waals surface area contributed by atoms with Crippen molar-refractivity contribution in [1.82, 2.24) is 14.6 Å². The minimum absolute atomic E-state index is 0.0521. The zero-order valence-corrected chi connectivity index (χ0v) is 8.30. The van der Waals surface area contributed by atoms with Gasteiger partial charge in [0.2, 0.25) is 0 Å². The summed E-state index contributed by atoms with van der Waals surface area (Å²) in [4.78, 5) is 24.7. The number of hydrogen-bond acceptors (Lipinski definition) is 3. The highest BCUT2D eigenvalue weighted by Gasteiger charge is 2.27. The highest BCUT2D eigenvalue weighted by Crippen LogP contribution is 2.39. The Labute approximate surface area is 89.5 Å². The number of nitrogens with zero attached hydrogens (tertiary/aromatic N) is 2. The quantitative estimate of drug-likeness (QED) is 0.774. The first-order valence-corrected chi connectivity index (χ1v) is 5.01. The second kappa shape index (κ2) is 2.94. The van der Waals surface area contributed by atoms with E-state index in [0.717, 1.165) is 18.5 Å². The van der Waals surface area contributed by atoms with Crippen molar-refractivity contribution in [1.29, 1.82) is 0 Å². The maximum absolute atomic E-state index is 11.4. The number of carboxylic acids is 1. The molecule has 0 unspecified atom stereocenters. The van der Waals surface area contributed by atoms with E-state index in [1.165, 1.54) is 16.6 Å². The fourth-order valence-corrected chi connectivity index (χ4v) is 1.80. The average Bonchev–Trinajstić information content (AvgIpc) is 2.96. The van der Waals surface area contributed by atoms with Crippen LogP contribution in [0.15, 0.2) is 16.9 Å². The first kappa shape index (κ1) is 9.14. The van der Waals surface area contributed by atoms with Gasteiger partial charge in [-0.2, -0.15) is 5.10 Å². The second-order valence-corrected chi connectivity index (χ2v) is 3.96. The summed E-state index contributed by atoms with van der Waals surface area (Å²) in [5.74, 6) is -0.752. The largest absolute Gasteiger partial charge is 0.476 e. The summed E-state index contributed by atoms with van der Waals surface area (Å²) in [6.45, 7) is 0. The summed E-state index contributed by atoms with van der Waals surface area (Å²) < 4.78 is 1.52. The Hall–Kier alpha value is -2.11. The summed E-state index contributed by atoms with van der Waals surface area (Å²) in [6, 6.07) is 2.86. The zero-order valence-electron chi connectivity index (χ0n) is 8.30. The van der Waals surface area contributed by atoms with E-state index in [1.54, 1.807) is 0 Å². The van der Waals surface area contributed by atoms with Gasteiger partial charge in [-0.25, -0.2) is 9.31 Å². The molecule has 3 rings (SSSR count). The number of aromatic nitrogens is 3. The number of nitrogens with one attached hydrogen (secondary N) is 1. The molecular weight excluding hydrogens is 210 g/mol. The van der Waals surface area contributed by atoms with Crippen LogP contribution in [0.3, 0.4) is 0 Å². The molecule has 6 heteroatoms. The second-order valence-electron chi connectivity index (χ2n) is 3.96. The molecule has 6 nitrogen and oxygen atoms in total. The third-order valence-electron chi connectivity index (χ3n) is 2.70. The van der Waals surface area contributed by atoms with Crippen molar-refractivity contribution in [2.75, 3.05) is 0 Å². The van der Waals surface area contributed by atoms with Gasteiger partial charge in [0.15, 0.2) is 5.69 Å². The molecule has 0 aromatic carbocycles. The van der Waals surface area contributed by atoms with Gasteiger partial charge in [0.25, 0.3) is 5.56 Å². The lowest BCUT2D eigenvalue weighted by Crippen LogP contribution is -2.11. The Bertz CT molecular complexity index is 636. The van der Waals surface area contributed by atoms with Crippen molar-refractivity contribution in [2.24, 2.45) is 0 Å². The molecule has 1 saturated carbocycles. The summed E-state index contributed by atoms with van der Waals surface area (Å²) in [6.07, 6.45) is 2.06. The maximum atomic E-state index is 11.4. The maximum Gasteiger partial charge on any atom is 0.356 e. The van der Waals surface area contributed by atoms with E-state index in [2.05, 4.69) is 10.1 Å². The third kappa shape index (κ3) is 1.30. The van der Waals surface area contributed by atoms with Crippen LogP contribution in [-0.4, -0.2) is 25.7 Å². The van der Waals surface area contributed by atoms with Crippen molar-refractivity contribution < 1.29 is 9.90 Å². The first-order valence-electron chi connectivity index (χ1n) is 5.01. The van der Waals surface area contributed by atoms with E-state index >= 15 is 0 Å². The van der Waals surface area contributed by atoms with E-state index in [-0.39, 0.29) is 11.3 Å². The molecular formula is C10H9N3O3. The lowest BCUT2D eigenvalue weighted by Gasteiger charge is -2.00. The minimum atomic E-state index is -1.09. The van der Waals surface area contributed by atoms with Gasteiger partial charge in [-0.05, 0) is 12.8 Å². The van der Waals surface area contributed by atoms with E-state index in [4.69, 9.17) is 5.11 Å². The zero-order chi connectivity index (χ0) is 11.3. The normalized spacial score (nSPS) is 15.5. The standard InChI is InChI=1S/C10H9N3O3/c14-9-4-7(5-1-2-5)13-8(11-9)3-6(12-13)10(15)16/h3-5H,1-2H2,(H,11,14)(H,15,16). The topological polar surface area (TPSA) is 87.5 Å². The molecule has 82 valence electrons. The Kier molecular flexibility index (Phi) is 1.68. The van der Waals surface area contributed by atoms with Crippen LogP contribution >= 0.6 is 0 Å². The molecule has 0 amide bonds. The number of H-pyrrole nitrogens is 1. The molecule has 1 aliphatic rings. The van der Waals surface area contributed by atoms with Crippen LogP contribution < -0.4 is 5.56 Å². The van der Waals surface area contributed by atoms with Gasteiger partial charge in [0.1, 0.15) is 5.65 Å². The van der Waals surface area contributed by atoms with Crippen LogP contribution in [0.5, 0.6) is 0 Å². The Morgan fingerprint density at radius 3 is 2.88 bits per heavy atom. The molecule has 1 aliphatic carbocycles. The Morgan fingerprint density at radius 2 is 2.25 bits per heavy atom. The summed E-state index contributed by atoms with van der Waals surface area (Å²) in [7, 11) is 0. The molecule has 2 heterocycles. The monoisotopic (exact) mass is 219 g/mol. The van der Waals surface area contributed by atoms with Crippen LogP contribution in [0, 0.1) is 0 Å². The van der Waals surface area contributed by atoms with Crippen LogP contribution in [0.1, 0.15) is 34.9 Å². The molecule has 0 radical (unpaired) electrons. The molecule has 0 atom stereocenters. The summed E-state index contributed by atoms with van der Waals surface area (Å²) in [5, 5.41) is 12.8.